The maximum atomic E-state index is 12.6. The Bertz CT molecular complexity index is 576. The van der Waals surface area contributed by atoms with Crippen LogP contribution in [-0.2, 0) is 14.3 Å². The van der Waals surface area contributed by atoms with Gasteiger partial charge in [0.1, 0.15) is 11.9 Å². The summed E-state index contributed by atoms with van der Waals surface area (Å²) in [6.07, 6.45) is 2.94. The highest BCUT2D eigenvalue weighted by Gasteiger charge is 2.42. The van der Waals surface area contributed by atoms with Crippen LogP contribution in [0, 0.1) is 0 Å². The van der Waals surface area contributed by atoms with Crippen molar-refractivity contribution in [2.24, 2.45) is 0 Å². The minimum atomic E-state index is -0.609. The summed E-state index contributed by atoms with van der Waals surface area (Å²) in [7, 11) is 1.62. The van der Waals surface area contributed by atoms with Gasteiger partial charge in [-0.2, -0.15) is 0 Å². The Morgan fingerprint density at radius 2 is 2.17 bits per heavy atom. The Balaban J connectivity index is 1.70. The summed E-state index contributed by atoms with van der Waals surface area (Å²) in [5.41, 5.74) is -0.0777. The second-order valence-corrected chi connectivity index (χ2v) is 6.21. The zero-order chi connectivity index (χ0) is 17.0. The molecular weight excluding hydrogens is 314 g/mol. The van der Waals surface area contributed by atoms with Crippen LogP contribution in [0.25, 0.3) is 0 Å². The molecule has 1 aromatic heterocycles. The molecule has 1 aromatic rings. The summed E-state index contributed by atoms with van der Waals surface area (Å²) >= 11 is 0. The molecule has 0 bridgehead atoms. The first-order chi connectivity index (χ1) is 11.6. The molecule has 3 heterocycles. The number of hydrogen-bond acceptors (Lipinski definition) is 6. The fraction of sp³-hybridized carbons (Fsp3) is 0.625. The van der Waals surface area contributed by atoms with Crippen LogP contribution in [0.2, 0.25) is 0 Å². The number of carbonyl (C=O) groups is 2. The number of likely N-dealkylation sites (N-methyl/N-ethyl adjacent to an activating group) is 1. The third-order valence-corrected chi connectivity index (χ3v) is 4.38. The zero-order valence-electron chi connectivity index (χ0n) is 13.8. The first kappa shape index (κ1) is 16.9. The number of hydrogen-bond donors (Lipinski definition) is 1. The standard InChI is InChI=1S/C16H23N3O5/c1-17-14(20)8-18-3-6-23-12-16(10-18)11-19(4-7-24-16)15(21)13-2-5-22-9-13/h2,5,9H,3-4,6-8,10-12H2,1H3,(H,17,20). The maximum Gasteiger partial charge on any atom is 0.257 e. The van der Waals surface area contributed by atoms with Crippen molar-refractivity contribution in [2.45, 2.75) is 5.60 Å². The lowest BCUT2D eigenvalue weighted by atomic mass is 10.0. The highest BCUT2D eigenvalue weighted by atomic mass is 16.5. The summed E-state index contributed by atoms with van der Waals surface area (Å²) in [4.78, 5) is 28.0. The third kappa shape index (κ3) is 3.77. The van der Waals surface area contributed by atoms with Crippen LogP contribution in [-0.4, -0.2) is 86.8 Å². The van der Waals surface area contributed by atoms with E-state index in [1.165, 1.54) is 12.5 Å². The molecule has 0 aliphatic carbocycles. The van der Waals surface area contributed by atoms with Crippen molar-refractivity contribution in [1.82, 2.24) is 15.1 Å². The highest BCUT2D eigenvalue weighted by molar-refractivity contribution is 5.93. The molecule has 0 saturated carbocycles. The van der Waals surface area contributed by atoms with Crippen LogP contribution in [0.5, 0.6) is 0 Å². The predicted octanol–water partition coefficient (Wildman–Crippen LogP) is -0.431. The Morgan fingerprint density at radius 1 is 1.29 bits per heavy atom. The number of furan rings is 1. The molecule has 0 radical (unpaired) electrons. The second-order valence-electron chi connectivity index (χ2n) is 6.21. The lowest BCUT2D eigenvalue weighted by Gasteiger charge is -2.43. The van der Waals surface area contributed by atoms with E-state index in [9.17, 15) is 9.59 Å². The molecule has 3 rings (SSSR count). The smallest absolute Gasteiger partial charge is 0.257 e. The normalized spacial score (nSPS) is 25.5. The Morgan fingerprint density at radius 3 is 2.92 bits per heavy atom. The van der Waals surface area contributed by atoms with Gasteiger partial charge in [0.25, 0.3) is 5.91 Å². The minimum Gasteiger partial charge on any atom is -0.472 e. The van der Waals surface area contributed by atoms with E-state index in [0.717, 1.165) is 0 Å². The predicted molar refractivity (Wildman–Crippen MR) is 84.6 cm³/mol. The first-order valence-electron chi connectivity index (χ1n) is 8.08. The molecule has 8 heteroatoms. The van der Waals surface area contributed by atoms with Gasteiger partial charge in [0.2, 0.25) is 5.91 Å². The topological polar surface area (TPSA) is 84.3 Å². The van der Waals surface area contributed by atoms with Crippen molar-refractivity contribution in [2.75, 3.05) is 59.6 Å². The maximum absolute atomic E-state index is 12.6. The molecule has 2 aliphatic rings. The molecule has 8 nitrogen and oxygen atoms in total. The number of nitrogens with zero attached hydrogens (tertiary/aromatic N) is 2. The van der Waals surface area contributed by atoms with E-state index in [1.807, 2.05) is 4.90 Å². The Kier molecular flexibility index (Phi) is 5.17. The lowest BCUT2D eigenvalue weighted by molar-refractivity contribution is -0.136. The minimum absolute atomic E-state index is 0.0470. The van der Waals surface area contributed by atoms with E-state index in [0.29, 0.717) is 58.1 Å². The quantitative estimate of drug-likeness (QED) is 0.806. The van der Waals surface area contributed by atoms with Crippen molar-refractivity contribution in [1.29, 1.82) is 0 Å². The molecular formula is C16H23N3O5. The van der Waals surface area contributed by atoms with Crippen LogP contribution in [0.15, 0.2) is 23.0 Å². The SMILES string of the molecule is CNC(=O)CN1CCOCC2(C1)CN(C(=O)c1ccoc1)CCO2. The van der Waals surface area contributed by atoms with E-state index >= 15 is 0 Å². The van der Waals surface area contributed by atoms with Crippen LogP contribution in [0.1, 0.15) is 10.4 Å². The number of nitrogens with one attached hydrogen (secondary N) is 1. The number of morpholine rings is 1. The molecule has 1 atom stereocenters. The molecule has 2 saturated heterocycles. The summed E-state index contributed by atoms with van der Waals surface area (Å²) < 4.78 is 16.7. The largest absolute Gasteiger partial charge is 0.472 e. The van der Waals surface area contributed by atoms with Crippen LogP contribution < -0.4 is 5.32 Å². The fourth-order valence-electron chi connectivity index (χ4n) is 3.17. The summed E-state index contributed by atoms with van der Waals surface area (Å²) in [6, 6.07) is 1.66. The average molecular weight is 337 g/mol. The van der Waals surface area contributed by atoms with Gasteiger partial charge in [0.05, 0.1) is 44.7 Å². The molecule has 2 amide bonds. The van der Waals surface area contributed by atoms with Crippen molar-refractivity contribution in [3.05, 3.63) is 24.2 Å². The second kappa shape index (κ2) is 7.33. The third-order valence-electron chi connectivity index (χ3n) is 4.38. The van der Waals surface area contributed by atoms with Gasteiger partial charge < -0.3 is 24.1 Å². The summed E-state index contributed by atoms with van der Waals surface area (Å²) in [5.74, 6) is -0.122. The van der Waals surface area contributed by atoms with Crippen molar-refractivity contribution >= 4 is 11.8 Å². The van der Waals surface area contributed by atoms with Gasteiger partial charge in [-0.25, -0.2) is 0 Å². The van der Waals surface area contributed by atoms with Gasteiger partial charge in [-0.05, 0) is 6.07 Å². The number of rotatable bonds is 3. The summed E-state index contributed by atoms with van der Waals surface area (Å²) in [5, 5.41) is 2.63. The Labute approximate surface area is 140 Å². The zero-order valence-corrected chi connectivity index (χ0v) is 13.8. The van der Waals surface area contributed by atoms with Crippen molar-refractivity contribution in [3.63, 3.8) is 0 Å². The molecule has 132 valence electrons. The van der Waals surface area contributed by atoms with Crippen molar-refractivity contribution < 1.29 is 23.5 Å². The molecule has 0 aromatic carbocycles. The van der Waals surface area contributed by atoms with Gasteiger partial charge in [0.15, 0.2) is 0 Å². The van der Waals surface area contributed by atoms with Gasteiger partial charge in [-0.1, -0.05) is 0 Å². The number of ether oxygens (including phenoxy) is 2. The molecule has 2 fully saturated rings. The van der Waals surface area contributed by atoms with E-state index < -0.39 is 5.60 Å². The molecule has 1 unspecified atom stereocenters. The molecule has 2 aliphatic heterocycles. The highest BCUT2D eigenvalue weighted by Crippen LogP contribution is 2.24. The monoisotopic (exact) mass is 337 g/mol. The van der Waals surface area contributed by atoms with Crippen molar-refractivity contribution in [3.8, 4) is 0 Å². The van der Waals surface area contributed by atoms with E-state index in [4.69, 9.17) is 13.9 Å². The first-order valence-corrected chi connectivity index (χ1v) is 8.08. The molecule has 1 spiro atoms. The number of carbonyl (C=O) groups excluding carboxylic acids is 2. The summed E-state index contributed by atoms with van der Waals surface area (Å²) in [6.45, 7) is 3.86. The van der Waals surface area contributed by atoms with E-state index in [1.54, 1.807) is 18.0 Å². The van der Waals surface area contributed by atoms with Gasteiger partial charge in [-0.3, -0.25) is 14.5 Å². The van der Waals surface area contributed by atoms with Crippen LogP contribution in [0.3, 0.4) is 0 Å². The molecule has 24 heavy (non-hydrogen) atoms. The van der Waals surface area contributed by atoms with E-state index in [-0.39, 0.29) is 11.8 Å². The van der Waals surface area contributed by atoms with Gasteiger partial charge in [-0.15, -0.1) is 0 Å². The fourth-order valence-corrected chi connectivity index (χ4v) is 3.17. The van der Waals surface area contributed by atoms with Gasteiger partial charge in [0, 0.05) is 26.7 Å². The number of amides is 2. The van der Waals surface area contributed by atoms with E-state index in [2.05, 4.69) is 5.32 Å². The molecule has 1 N–H and O–H groups in total. The lowest BCUT2D eigenvalue weighted by Crippen LogP contribution is -2.60. The van der Waals surface area contributed by atoms with Gasteiger partial charge >= 0.3 is 0 Å². The Hall–Kier alpha value is -1.90. The van der Waals surface area contributed by atoms with Crippen LogP contribution >= 0.6 is 0 Å². The van der Waals surface area contributed by atoms with Crippen LogP contribution in [0.4, 0.5) is 0 Å². The average Bonchev–Trinajstić information content (AvgIpc) is 3.06.